The number of hydrogen-bond donors (Lipinski definition) is 0. The summed E-state index contributed by atoms with van der Waals surface area (Å²) in [6.07, 6.45) is 0. The minimum absolute atomic E-state index is 0.872. The van der Waals surface area contributed by atoms with Gasteiger partial charge in [-0.3, -0.25) is 0 Å². The fourth-order valence-corrected chi connectivity index (χ4v) is 9.97. The predicted molar refractivity (Wildman–Crippen MR) is 235 cm³/mol. The zero-order chi connectivity index (χ0) is 36.7. The van der Waals surface area contributed by atoms with Gasteiger partial charge in [0, 0.05) is 60.0 Å². The van der Waals surface area contributed by atoms with E-state index in [-0.39, 0.29) is 0 Å². The third kappa shape index (κ3) is 4.73. The van der Waals surface area contributed by atoms with Crippen LogP contribution in [0, 0.1) is 0 Å². The number of benzene rings is 9. The molecule has 3 nitrogen and oxygen atoms in total. The summed E-state index contributed by atoms with van der Waals surface area (Å²) in [6.45, 7) is 0. The van der Waals surface area contributed by atoms with Gasteiger partial charge in [0.2, 0.25) is 0 Å². The second-order valence-electron chi connectivity index (χ2n) is 14.5. The van der Waals surface area contributed by atoms with Crippen molar-refractivity contribution in [1.29, 1.82) is 0 Å². The number of hydrogen-bond acceptors (Lipinski definition) is 3. The Labute approximate surface area is 327 Å². The van der Waals surface area contributed by atoms with Crippen molar-refractivity contribution in [3.05, 3.63) is 194 Å². The van der Waals surface area contributed by atoms with E-state index in [1.54, 1.807) is 0 Å². The lowest BCUT2D eigenvalue weighted by atomic mass is 9.98. The van der Waals surface area contributed by atoms with Crippen molar-refractivity contribution < 1.29 is 4.42 Å². The zero-order valence-electron chi connectivity index (χ0n) is 30.2. The quantitative estimate of drug-likeness (QED) is 0.176. The first kappa shape index (κ1) is 31.4. The fourth-order valence-electron chi connectivity index (χ4n) is 8.85. The average molecular weight is 733 g/mol. The topological polar surface area (TPSA) is 21.3 Å². The maximum atomic E-state index is 6.40. The van der Waals surface area contributed by atoms with E-state index in [1.165, 1.54) is 70.3 Å². The lowest BCUT2D eigenvalue weighted by Gasteiger charge is -2.26. The van der Waals surface area contributed by atoms with E-state index in [4.69, 9.17) is 4.42 Å². The van der Waals surface area contributed by atoms with Crippen molar-refractivity contribution in [1.82, 2.24) is 4.57 Å². The van der Waals surface area contributed by atoms with Gasteiger partial charge in [0.25, 0.3) is 0 Å². The van der Waals surface area contributed by atoms with Crippen molar-refractivity contribution in [3.63, 3.8) is 0 Å². The molecule has 0 saturated carbocycles. The van der Waals surface area contributed by atoms with Crippen LogP contribution in [0.25, 0.3) is 82.5 Å². The standard InChI is InChI=1S/C52H32N2OS/c1-2-12-39-33(10-1)11-7-15-40(39)34-22-26-36(27-23-34)53(38-30-31-44-43-14-4-6-19-47(43)55-48(44)32-38)37-28-24-35(25-29-37)41-16-8-20-49-51(41)54-46-18-5-3-13-42(46)45-17-9-21-50(56-49)52(45)54/h1-32H. The van der Waals surface area contributed by atoms with Gasteiger partial charge >= 0.3 is 0 Å². The molecule has 1 aliphatic heterocycles. The van der Waals surface area contributed by atoms with Gasteiger partial charge in [-0.2, -0.15) is 0 Å². The van der Waals surface area contributed by atoms with E-state index in [1.807, 2.05) is 23.9 Å². The van der Waals surface area contributed by atoms with Crippen LogP contribution < -0.4 is 4.90 Å². The summed E-state index contributed by atoms with van der Waals surface area (Å²) in [5, 5.41) is 7.32. The number of fused-ring (bicyclic) bond motifs is 9. The fraction of sp³-hybridized carbons (Fsp3) is 0. The molecule has 56 heavy (non-hydrogen) atoms. The van der Waals surface area contributed by atoms with Gasteiger partial charge in [0.15, 0.2) is 0 Å². The highest BCUT2D eigenvalue weighted by Crippen LogP contribution is 2.50. The van der Waals surface area contributed by atoms with Crippen molar-refractivity contribution in [2.75, 3.05) is 4.90 Å². The molecule has 1 aliphatic rings. The Balaban J connectivity index is 0.996. The molecule has 3 heterocycles. The normalized spacial score (nSPS) is 12.2. The van der Waals surface area contributed by atoms with Gasteiger partial charge in [-0.1, -0.05) is 139 Å². The predicted octanol–water partition coefficient (Wildman–Crippen LogP) is 15.1. The molecular weight excluding hydrogens is 701 g/mol. The van der Waals surface area contributed by atoms with Gasteiger partial charge in [0.1, 0.15) is 11.2 Å². The summed E-state index contributed by atoms with van der Waals surface area (Å²) in [5.74, 6) is 0. The van der Waals surface area contributed by atoms with E-state index in [9.17, 15) is 0 Å². The maximum absolute atomic E-state index is 6.40. The highest BCUT2D eigenvalue weighted by Gasteiger charge is 2.25. The first-order valence-electron chi connectivity index (χ1n) is 19.0. The molecule has 11 aromatic rings. The van der Waals surface area contributed by atoms with Crippen LogP contribution in [0.15, 0.2) is 208 Å². The van der Waals surface area contributed by atoms with Crippen molar-refractivity contribution in [2.24, 2.45) is 0 Å². The summed E-state index contributed by atoms with van der Waals surface area (Å²) >= 11 is 1.87. The Kier molecular flexibility index (Phi) is 6.86. The molecule has 12 rings (SSSR count). The minimum atomic E-state index is 0.872. The third-order valence-corrected chi connectivity index (χ3v) is 12.5. The van der Waals surface area contributed by atoms with Crippen molar-refractivity contribution in [3.8, 4) is 27.9 Å². The van der Waals surface area contributed by atoms with Crippen LogP contribution >= 0.6 is 11.8 Å². The summed E-state index contributed by atoms with van der Waals surface area (Å²) in [4.78, 5) is 4.89. The lowest BCUT2D eigenvalue weighted by molar-refractivity contribution is 0.669. The van der Waals surface area contributed by atoms with E-state index in [0.717, 1.165) is 39.0 Å². The Morgan fingerprint density at radius 2 is 1.00 bits per heavy atom. The maximum Gasteiger partial charge on any atom is 0.137 e. The third-order valence-electron chi connectivity index (χ3n) is 11.4. The van der Waals surface area contributed by atoms with Gasteiger partial charge in [-0.25, -0.2) is 0 Å². The lowest BCUT2D eigenvalue weighted by Crippen LogP contribution is -2.10. The Morgan fingerprint density at radius 3 is 1.84 bits per heavy atom. The molecule has 0 atom stereocenters. The molecule has 0 spiro atoms. The summed E-state index contributed by atoms with van der Waals surface area (Å²) < 4.78 is 8.89. The first-order valence-corrected chi connectivity index (χ1v) is 19.8. The average Bonchev–Trinajstić information content (AvgIpc) is 3.80. The molecule has 4 heteroatoms. The molecule has 0 aliphatic carbocycles. The van der Waals surface area contributed by atoms with Crippen LogP contribution in [0.3, 0.4) is 0 Å². The van der Waals surface area contributed by atoms with E-state index < -0.39 is 0 Å². The molecule has 262 valence electrons. The van der Waals surface area contributed by atoms with Crippen LogP contribution in [-0.4, -0.2) is 4.57 Å². The molecule has 0 fully saturated rings. The van der Waals surface area contributed by atoms with Crippen LogP contribution in [0.1, 0.15) is 0 Å². The van der Waals surface area contributed by atoms with Gasteiger partial charge < -0.3 is 13.9 Å². The highest BCUT2D eigenvalue weighted by molar-refractivity contribution is 7.99. The van der Waals surface area contributed by atoms with E-state index >= 15 is 0 Å². The number of rotatable bonds is 5. The van der Waals surface area contributed by atoms with E-state index in [2.05, 4.69) is 191 Å². The van der Waals surface area contributed by atoms with Crippen LogP contribution in [-0.2, 0) is 0 Å². The van der Waals surface area contributed by atoms with Crippen molar-refractivity contribution in [2.45, 2.75) is 9.79 Å². The Bertz CT molecular complexity index is 3330. The number of para-hydroxylation sites is 4. The molecule has 0 saturated heterocycles. The highest BCUT2D eigenvalue weighted by atomic mass is 32.2. The largest absolute Gasteiger partial charge is 0.456 e. The second kappa shape index (κ2) is 12.3. The molecule has 0 radical (unpaired) electrons. The second-order valence-corrected chi connectivity index (χ2v) is 15.6. The van der Waals surface area contributed by atoms with Gasteiger partial charge in [-0.05, 0) is 88.1 Å². The molecule has 9 aromatic carbocycles. The molecule has 0 bridgehead atoms. The monoisotopic (exact) mass is 732 g/mol. The molecular formula is C52H32N2OS. The van der Waals surface area contributed by atoms with Crippen LogP contribution in [0.2, 0.25) is 0 Å². The molecule has 0 N–H and O–H groups in total. The summed E-state index contributed by atoms with van der Waals surface area (Å²) in [5.41, 5.74) is 13.5. The minimum Gasteiger partial charge on any atom is -0.456 e. The van der Waals surface area contributed by atoms with Gasteiger partial charge in [-0.15, -0.1) is 0 Å². The molecule has 2 aromatic heterocycles. The Hall–Kier alpha value is -7.01. The SMILES string of the molecule is c1cc2c(c(-c3ccc(N(c4ccc(-c5cccc6ccccc56)cc4)c4ccc5c(c4)oc4ccccc45)cc3)c1)-n1c3ccccc3c3cccc(c31)S2. The Morgan fingerprint density at radius 1 is 0.411 bits per heavy atom. The molecule has 0 unspecified atom stereocenters. The summed E-state index contributed by atoms with van der Waals surface area (Å²) in [7, 11) is 0. The number of nitrogens with zero attached hydrogens (tertiary/aromatic N) is 2. The summed E-state index contributed by atoms with van der Waals surface area (Å²) in [6, 6.07) is 70.2. The first-order chi connectivity index (χ1) is 27.8. The van der Waals surface area contributed by atoms with E-state index in [0.29, 0.717) is 0 Å². The van der Waals surface area contributed by atoms with Crippen LogP contribution in [0.5, 0.6) is 0 Å². The number of aromatic nitrogens is 1. The van der Waals surface area contributed by atoms with Crippen molar-refractivity contribution >= 4 is 83.3 Å². The molecule has 0 amide bonds. The smallest absolute Gasteiger partial charge is 0.137 e. The number of anilines is 3. The zero-order valence-corrected chi connectivity index (χ0v) is 31.0. The van der Waals surface area contributed by atoms with Gasteiger partial charge in [0.05, 0.1) is 16.7 Å². The number of furan rings is 1. The van der Waals surface area contributed by atoms with Crippen LogP contribution in [0.4, 0.5) is 17.1 Å².